The molecule has 0 aliphatic carbocycles. The summed E-state index contributed by atoms with van der Waals surface area (Å²) in [6.45, 7) is 0. The smallest absolute Gasteiger partial charge is 0.300 e. The minimum atomic E-state index is -1.05. The van der Waals surface area contributed by atoms with Crippen LogP contribution in [0.4, 0.5) is 11.4 Å². The second-order valence-corrected chi connectivity index (χ2v) is 7.30. The number of rotatable bonds is 4. The van der Waals surface area contributed by atoms with Gasteiger partial charge < -0.3 is 5.11 Å². The fourth-order valence-electron chi connectivity index (χ4n) is 3.58. The number of non-ortho nitro benzene ring substituents is 1. The zero-order valence-electron chi connectivity index (χ0n) is 15.9. The van der Waals surface area contributed by atoms with Crippen LogP contribution in [-0.4, -0.2) is 21.7 Å². The van der Waals surface area contributed by atoms with Gasteiger partial charge in [-0.25, -0.2) is 0 Å². The third kappa shape index (κ3) is 3.67. The molecular formula is C23H15ClN2O5. The van der Waals surface area contributed by atoms with Gasteiger partial charge in [0, 0.05) is 28.4 Å². The molecule has 0 radical (unpaired) electrons. The molecule has 1 aliphatic rings. The predicted octanol–water partition coefficient (Wildman–Crippen LogP) is 4.87. The number of aliphatic hydroxyl groups is 1. The number of hydrogen-bond donors (Lipinski definition) is 1. The van der Waals surface area contributed by atoms with Crippen molar-refractivity contribution in [3.05, 3.63) is 111 Å². The molecule has 3 aromatic carbocycles. The number of Topliss-reactive ketones (excluding diaryl/α,β-unsaturated/α-hetero) is 1. The fourth-order valence-corrected chi connectivity index (χ4v) is 3.70. The summed E-state index contributed by atoms with van der Waals surface area (Å²) in [6.07, 6.45) is 0. The normalized spacial score (nSPS) is 17.7. The highest BCUT2D eigenvalue weighted by Gasteiger charge is 2.47. The second kappa shape index (κ2) is 8.04. The molecule has 3 aromatic rings. The maximum absolute atomic E-state index is 13.0. The number of nitrogens with zero attached hydrogens (tertiary/aromatic N) is 2. The van der Waals surface area contributed by atoms with Crippen LogP contribution < -0.4 is 4.90 Å². The van der Waals surface area contributed by atoms with E-state index in [-0.39, 0.29) is 17.0 Å². The quantitative estimate of drug-likeness (QED) is 0.207. The molecule has 0 saturated carbocycles. The van der Waals surface area contributed by atoms with Crippen molar-refractivity contribution in [3.63, 3.8) is 0 Å². The lowest BCUT2D eigenvalue weighted by atomic mass is 9.95. The molecule has 8 heteroatoms. The molecule has 1 heterocycles. The SMILES string of the molecule is O=C1C(=O)N(c2ccc(Cl)cc2)[C@H](c2cccc([N+](=O)[O-])c2)C1=C(O)c1ccccc1. The zero-order valence-corrected chi connectivity index (χ0v) is 16.7. The van der Waals surface area contributed by atoms with Crippen LogP contribution in [-0.2, 0) is 9.59 Å². The van der Waals surface area contributed by atoms with Gasteiger partial charge in [-0.2, -0.15) is 0 Å². The molecule has 0 unspecified atom stereocenters. The predicted molar refractivity (Wildman–Crippen MR) is 116 cm³/mol. The van der Waals surface area contributed by atoms with Gasteiger partial charge in [-0.3, -0.25) is 24.6 Å². The van der Waals surface area contributed by atoms with Crippen molar-refractivity contribution in [2.75, 3.05) is 4.90 Å². The van der Waals surface area contributed by atoms with E-state index in [2.05, 4.69) is 0 Å². The standard InChI is InChI=1S/C23H15ClN2O5/c24-16-9-11-17(12-10-16)25-20(15-7-4-8-18(13-15)26(30)31)19(22(28)23(25)29)21(27)14-5-2-1-3-6-14/h1-13,20,27H/t20-/m1/s1. The van der Waals surface area contributed by atoms with E-state index in [9.17, 15) is 24.8 Å². The van der Waals surface area contributed by atoms with Crippen molar-refractivity contribution in [2.45, 2.75) is 6.04 Å². The van der Waals surface area contributed by atoms with Gasteiger partial charge in [0.15, 0.2) is 0 Å². The van der Waals surface area contributed by atoms with Crippen LogP contribution in [0.5, 0.6) is 0 Å². The summed E-state index contributed by atoms with van der Waals surface area (Å²) < 4.78 is 0. The number of nitro benzene ring substituents is 1. The number of amides is 1. The summed E-state index contributed by atoms with van der Waals surface area (Å²) >= 11 is 5.96. The Morgan fingerprint density at radius 2 is 1.65 bits per heavy atom. The van der Waals surface area contributed by atoms with Crippen LogP contribution in [0.3, 0.4) is 0 Å². The van der Waals surface area contributed by atoms with Gasteiger partial charge in [0.1, 0.15) is 5.76 Å². The van der Waals surface area contributed by atoms with E-state index in [1.807, 2.05) is 0 Å². The highest BCUT2D eigenvalue weighted by Crippen LogP contribution is 2.42. The summed E-state index contributed by atoms with van der Waals surface area (Å²) in [5.74, 6) is -2.09. The Bertz CT molecular complexity index is 1220. The maximum Gasteiger partial charge on any atom is 0.300 e. The van der Waals surface area contributed by atoms with Gasteiger partial charge >= 0.3 is 0 Å². The average molecular weight is 435 g/mol. The van der Waals surface area contributed by atoms with Gasteiger partial charge in [0.2, 0.25) is 0 Å². The number of carbonyl (C=O) groups is 2. The molecule has 4 rings (SSSR count). The monoisotopic (exact) mass is 434 g/mol. The number of benzene rings is 3. The van der Waals surface area contributed by atoms with Crippen LogP contribution in [0.25, 0.3) is 5.76 Å². The summed E-state index contributed by atoms with van der Waals surface area (Å²) in [5, 5.41) is 22.7. The van der Waals surface area contributed by atoms with Crippen molar-refractivity contribution in [1.82, 2.24) is 0 Å². The molecule has 1 atom stereocenters. The molecule has 1 amide bonds. The van der Waals surface area contributed by atoms with Crippen LogP contribution in [0, 0.1) is 10.1 Å². The first-order valence-electron chi connectivity index (χ1n) is 9.25. The van der Waals surface area contributed by atoms with Gasteiger partial charge in [-0.15, -0.1) is 0 Å². The molecule has 1 fully saturated rings. The molecular weight excluding hydrogens is 420 g/mol. The lowest BCUT2D eigenvalue weighted by molar-refractivity contribution is -0.384. The number of ketones is 1. The fraction of sp³-hybridized carbons (Fsp3) is 0.0435. The van der Waals surface area contributed by atoms with E-state index in [4.69, 9.17) is 11.6 Å². The Kier molecular flexibility index (Phi) is 5.27. The Hall–Kier alpha value is -3.97. The number of hydrogen-bond acceptors (Lipinski definition) is 5. The molecule has 31 heavy (non-hydrogen) atoms. The van der Waals surface area contributed by atoms with Crippen molar-refractivity contribution < 1.29 is 19.6 Å². The van der Waals surface area contributed by atoms with Gasteiger partial charge in [0.05, 0.1) is 16.5 Å². The zero-order chi connectivity index (χ0) is 22.1. The third-order valence-electron chi connectivity index (χ3n) is 4.99. The first kappa shape index (κ1) is 20.3. The van der Waals surface area contributed by atoms with E-state index in [0.29, 0.717) is 21.8 Å². The topological polar surface area (TPSA) is 101 Å². The largest absolute Gasteiger partial charge is 0.507 e. The van der Waals surface area contributed by atoms with Crippen LogP contribution in [0.2, 0.25) is 5.02 Å². The van der Waals surface area contributed by atoms with Gasteiger partial charge in [0.25, 0.3) is 17.4 Å². The minimum absolute atomic E-state index is 0.147. The molecule has 1 aliphatic heterocycles. The lowest BCUT2D eigenvalue weighted by Crippen LogP contribution is -2.29. The van der Waals surface area contributed by atoms with E-state index in [1.54, 1.807) is 60.7 Å². The van der Waals surface area contributed by atoms with E-state index >= 15 is 0 Å². The number of anilines is 1. The van der Waals surface area contributed by atoms with Crippen molar-refractivity contribution in [2.24, 2.45) is 0 Å². The molecule has 154 valence electrons. The third-order valence-corrected chi connectivity index (χ3v) is 5.25. The van der Waals surface area contributed by atoms with Crippen LogP contribution >= 0.6 is 11.6 Å². The first-order valence-corrected chi connectivity index (χ1v) is 9.62. The summed E-state index contributed by atoms with van der Waals surface area (Å²) in [4.78, 5) is 38.0. The Labute approximate surface area is 182 Å². The number of carbonyl (C=O) groups excluding carboxylic acids is 2. The Morgan fingerprint density at radius 3 is 2.29 bits per heavy atom. The Morgan fingerprint density at radius 1 is 0.968 bits per heavy atom. The van der Waals surface area contributed by atoms with Crippen LogP contribution in [0.15, 0.2) is 84.4 Å². The highest BCUT2D eigenvalue weighted by atomic mass is 35.5. The van der Waals surface area contributed by atoms with Crippen molar-refractivity contribution in [3.8, 4) is 0 Å². The molecule has 1 saturated heterocycles. The summed E-state index contributed by atoms with van der Waals surface area (Å²) in [7, 11) is 0. The summed E-state index contributed by atoms with van der Waals surface area (Å²) in [5.41, 5.74) is 0.702. The van der Waals surface area contributed by atoms with Crippen molar-refractivity contribution >= 4 is 40.4 Å². The molecule has 0 spiro atoms. The highest BCUT2D eigenvalue weighted by molar-refractivity contribution is 6.51. The summed E-state index contributed by atoms with van der Waals surface area (Å²) in [6, 6.07) is 19.2. The number of halogens is 1. The molecule has 1 N–H and O–H groups in total. The lowest BCUT2D eigenvalue weighted by Gasteiger charge is -2.25. The van der Waals surface area contributed by atoms with Gasteiger partial charge in [-0.05, 0) is 29.8 Å². The molecule has 0 bridgehead atoms. The number of aliphatic hydroxyl groups excluding tert-OH is 1. The maximum atomic E-state index is 13.0. The van der Waals surface area contributed by atoms with E-state index in [0.717, 1.165) is 0 Å². The average Bonchev–Trinajstić information content (AvgIpc) is 3.05. The Balaban J connectivity index is 1.97. The molecule has 7 nitrogen and oxygen atoms in total. The van der Waals surface area contributed by atoms with Crippen LogP contribution in [0.1, 0.15) is 17.2 Å². The van der Waals surface area contributed by atoms with E-state index < -0.39 is 22.7 Å². The van der Waals surface area contributed by atoms with E-state index in [1.165, 1.54) is 23.1 Å². The molecule has 0 aromatic heterocycles. The van der Waals surface area contributed by atoms with Crippen molar-refractivity contribution in [1.29, 1.82) is 0 Å². The van der Waals surface area contributed by atoms with Gasteiger partial charge in [-0.1, -0.05) is 54.1 Å². The first-order chi connectivity index (χ1) is 14.9. The minimum Gasteiger partial charge on any atom is -0.507 e. The number of nitro groups is 1. The second-order valence-electron chi connectivity index (χ2n) is 6.86.